The number of nitrogens with zero attached hydrogens (tertiary/aromatic N) is 1. The Morgan fingerprint density at radius 3 is 2.53 bits per heavy atom. The molecule has 90 valence electrons. The normalized spacial score (nSPS) is 19.4. The van der Waals surface area contributed by atoms with Crippen LogP contribution < -0.4 is 11.1 Å². The molecule has 0 spiro atoms. The van der Waals surface area contributed by atoms with Gasteiger partial charge in [-0.2, -0.15) is 0 Å². The Bertz CT molecular complexity index is 426. The monoisotopic (exact) mass is 247 g/mol. The maximum Gasteiger partial charge on any atom is 0.122 e. The number of pyridine rings is 1. The number of hydrogen-bond acceptors (Lipinski definition) is 3. The van der Waals surface area contributed by atoms with Gasteiger partial charge in [0, 0.05) is 17.9 Å². The highest BCUT2D eigenvalue weighted by molar-refractivity contribution is 7.80. The number of hydrogen-bond donors (Lipinski definition) is 2. The number of aromatic nitrogens is 1. The minimum atomic E-state index is 0.364. The molecule has 0 bridgehead atoms. The predicted molar refractivity (Wildman–Crippen MR) is 73.0 cm³/mol. The minimum absolute atomic E-state index is 0.364. The molecule has 0 unspecified atom stereocenters. The molecule has 1 aromatic heterocycles. The number of anilines is 1. The molecule has 0 amide bonds. The van der Waals surface area contributed by atoms with Crippen LogP contribution in [0.25, 0.3) is 0 Å². The maximum atomic E-state index is 5.60. The van der Waals surface area contributed by atoms with Crippen LogP contribution in [0.5, 0.6) is 0 Å². The van der Waals surface area contributed by atoms with E-state index in [0.29, 0.717) is 16.7 Å². The lowest BCUT2D eigenvalue weighted by atomic mass is 10.1. The Kier molecular flexibility index (Phi) is 2.74. The van der Waals surface area contributed by atoms with Gasteiger partial charge in [0.15, 0.2) is 0 Å². The Labute approximate surface area is 107 Å². The Hall–Kier alpha value is -1.16. The van der Waals surface area contributed by atoms with E-state index in [1.807, 2.05) is 12.1 Å². The van der Waals surface area contributed by atoms with Gasteiger partial charge in [0.1, 0.15) is 4.99 Å². The number of nitrogens with one attached hydrogen (secondary N) is 1. The van der Waals surface area contributed by atoms with Crippen LogP contribution in [0.4, 0.5) is 5.69 Å². The van der Waals surface area contributed by atoms with Crippen LogP contribution in [-0.2, 0) is 0 Å². The van der Waals surface area contributed by atoms with Crippen LogP contribution in [0, 0.1) is 11.8 Å². The van der Waals surface area contributed by atoms with Gasteiger partial charge in [-0.1, -0.05) is 12.2 Å². The fraction of sp³-hybridized carbons (Fsp3) is 0.538. The van der Waals surface area contributed by atoms with Gasteiger partial charge < -0.3 is 11.1 Å². The topological polar surface area (TPSA) is 50.9 Å². The molecule has 0 aliphatic heterocycles. The standard InChI is InChI=1S/C13H17N3S/c14-13(17)11-7-10(5-6-15-11)16-12(8-1-2-8)9-3-4-9/h5-9,12H,1-4H2,(H2,14,17)(H,15,16). The minimum Gasteiger partial charge on any atom is -0.388 e. The van der Waals surface area contributed by atoms with Crippen molar-refractivity contribution < 1.29 is 0 Å². The third-order valence-electron chi connectivity index (χ3n) is 3.61. The van der Waals surface area contributed by atoms with E-state index in [1.165, 1.54) is 25.7 Å². The lowest BCUT2D eigenvalue weighted by Crippen LogP contribution is -2.24. The van der Waals surface area contributed by atoms with Crippen LogP contribution in [0.1, 0.15) is 31.4 Å². The predicted octanol–water partition coefficient (Wildman–Crippen LogP) is 2.32. The van der Waals surface area contributed by atoms with Gasteiger partial charge in [0.25, 0.3) is 0 Å². The van der Waals surface area contributed by atoms with Crippen molar-refractivity contribution in [3.63, 3.8) is 0 Å². The van der Waals surface area contributed by atoms with E-state index in [2.05, 4.69) is 10.3 Å². The second kappa shape index (κ2) is 4.26. The van der Waals surface area contributed by atoms with Gasteiger partial charge in [-0.05, 0) is 49.7 Å². The molecule has 2 aliphatic rings. The van der Waals surface area contributed by atoms with E-state index in [1.54, 1.807) is 6.20 Å². The molecule has 3 rings (SSSR count). The Morgan fingerprint density at radius 2 is 2.00 bits per heavy atom. The van der Waals surface area contributed by atoms with Gasteiger partial charge in [-0.3, -0.25) is 4.98 Å². The summed E-state index contributed by atoms with van der Waals surface area (Å²) in [6.45, 7) is 0. The molecule has 0 saturated heterocycles. The van der Waals surface area contributed by atoms with Crippen molar-refractivity contribution in [1.82, 2.24) is 4.98 Å². The van der Waals surface area contributed by atoms with Gasteiger partial charge >= 0.3 is 0 Å². The van der Waals surface area contributed by atoms with E-state index >= 15 is 0 Å². The van der Waals surface area contributed by atoms with Crippen molar-refractivity contribution in [3.8, 4) is 0 Å². The SMILES string of the molecule is NC(=S)c1cc(NC(C2CC2)C2CC2)ccn1. The largest absolute Gasteiger partial charge is 0.388 e. The van der Waals surface area contributed by atoms with Gasteiger partial charge in [0.2, 0.25) is 0 Å². The molecule has 1 aromatic rings. The highest BCUT2D eigenvalue weighted by Crippen LogP contribution is 2.45. The quantitative estimate of drug-likeness (QED) is 0.784. The number of rotatable bonds is 5. The van der Waals surface area contributed by atoms with Crippen LogP contribution in [0.3, 0.4) is 0 Å². The highest BCUT2D eigenvalue weighted by Gasteiger charge is 2.41. The summed E-state index contributed by atoms with van der Waals surface area (Å²) in [7, 11) is 0. The second-order valence-electron chi connectivity index (χ2n) is 5.14. The molecule has 2 fully saturated rings. The number of thiocarbonyl (C=S) groups is 1. The van der Waals surface area contributed by atoms with Gasteiger partial charge in [-0.25, -0.2) is 0 Å². The first kappa shape index (κ1) is 11.0. The summed E-state index contributed by atoms with van der Waals surface area (Å²) in [5.74, 6) is 1.76. The zero-order chi connectivity index (χ0) is 11.8. The molecule has 4 heteroatoms. The first-order chi connectivity index (χ1) is 8.24. The zero-order valence-corrected chi connectivity index (χ0v) is 10.5. The van der Waals surface area contributed by atoms with Crippen molar-refractivity contribution in [3.05, 3.63) is 24.0 Å². The van der Waals surface area contributed by atoms with E-state index in [9.17, 15) is 0 Å². The van der Waals surface area contributed by atoms with Crippen molar-refractivity contribution in [2.45, 2.75) is 31.7 Å². The molecule has 1 heterocycles. The van der Waals surface area contributed by atoms with Crippen LogP contribution >= 0.6 is 12.2 Å². The van der Waals surface area contributed by atoms with Crippen LogP contribution in [0.2, 0.25) is 0 Å². The van der Waals surface area contributed by atoms with Crippen molar-refractivity contribution >= 4 is 22.9 Å². The molecule has 0 aromatic carbocycles. The average molecular weight is 247 g/mol. The van der Waals surface area contributed by atoms with Crippen molar-refractivity contribution in [2.75, 3.05) is 5.32 Å². The first-order valence-corrected chi connectivity index (χ1v) is 6.67. The molecule has 3 nitrogen and oxygen atoms in total. The summed E-state index contributed by atoms with van der Waals surface area (Å²) in [4.78, 5) is 4.52. The van der Waals surface area contributed by atoms with E-state index in [-0.39, 0.29) is 0 Å². The molecule has 0 atom stereocenters. The Morgan fingerprint density at radius 1 is 1.35 bits per heavy atom. The molecule has 17 heavy (non-hydrogen) atoms. The first-order valence-electron chi connectivity index (χ1n) is 6.26. The molecule has 2 aliphatic carbocycles. The van der Waals surface area contributed by atoms with Crippen molar-refractivity contribution in [2.24, 2.45) is 17.6 Å². The summed E-state index contributed by atoms with van der Waals surface area (Å²) >= 11 is 4.95. The fourth-order valence-electron chi connectivity index (χ4n) is 2.38. The molecule has 0 radical (unpaired) electrons. The maximum absolute atomic E-state index is 5.60. The summed E-state index contributed by atoms with van der Waals surface area (Å²) in [5.41, 5.74) is 7.41. The molecule has 2 saturated carbocycles. The lowest BCUT2D eigenvalue weighted by Gasteiger charge is -2.19. The summed E-state index contributed by atoms with van der Waals surface area (Å²) in [6.07, 6.45) is 7.28. The average Bonchev–Trinajstić information content (AvgIpc) is 3.16. The van der Waals surface area contributed by atoms with E-state index in [4.69, 9.17) is 18.0 Å². The summed E-state index contributed by atoms with van der Waals surface area (Å²) in [6, 6.07) is 4.61. The van der Waals surface area contributed by atoms with Gasteiger partial charge in [-0.15, -0.1) is 0 Å². The number of nitrogens with two attached hydrogens (primary N) is 1. The van der Waals surface area contributed by atoms with Crippen LogP contribution in [0.15, 0.2) is 18.3 Å². The smallest absolute Gasteiger partial charge is 0.122 e. The third-order valence-corrected chi connectivity index (χ3v) is 3.81. The third kappa shape index (κ3) is 2.57. The molecular weight excluding hydrogens is 230 g/mol. The highest BCUT2D eigenvalue weighted by atomic mass is 32.1. The van der Waals surface area contributed by atoms with E-state index < -0.39 is 0 Å². The zero-order valence-electron chi connectivity index (χ0n) is 9.73. The Balaban J connectivity index is 1.74. The van der Waals surface area contributed by atoms with E-state index in [0.717, 1.165) is 17.5 Å². The second-order valence-corrected chi connectivity index (χ2v) is 5.58. The summed E-state index contributed by atoms with van der Waals surface area (Å²) < 4.78 is 0. The van der Waals surface area contributed by atoms with Gasteiger partial charge in [0.05, 0.1) is 5.69 Å². The summed E-state index contributed by atoms with van der Waals surface area (Å²) in [5, 5.41) is 3.64. The lowest BCUT2D eigenvalue weighted by molar-refractivity contribution is 0.568. The molecular formula is C13H17N3S. The van der Waals surface area contributed by atoms with Crippen LogP contribution in [-0.4, -0.2) is 16.0 Å². The molecule has 3 N–H and O–H groups in total. The van der Waals surface area contributed by atoms with Crippen molar-refractivity contribution in [1.29, 1.82) is 0 Å². The fourth-order valence-corrected chi connectivity index (χ4v) is 2.49.